The second kappa shape index (κ2) is 5.24. The molecule has 0 atom stereocenters. The molecule has 0 radical (unpaired) electrons. The minimum Gasteiger partial charge on any atom is -0.329 e. The minimum absolute atomic E-state index is 0.476. The van der Waals surface area contributed by atoms with E-state index in [1.54, 1.807) is 0 Å². The maximum absolute atomic E-state index is 9.74. The maximum Gasteiger partial charge on any atom is 0.0813 e. The predicted molar refractivity (Wildman–Crippen MR) is 47.4 cm³/mol. The van der Waals surface area contributed by atoms with Gasteiger partial charge in [0.15, 0.2) is 0 Å². The zero-order valence-corrected chi connectivity index (χ0v) is 7.84. The van der Waals surface area contributed by atoms with Crippen LogP contribution in [0.15, 0.2) is 5.18 Å². The molecular weight excluding hydrogens is 140 g/mol. The van der Waals surface area contributed by atoms with Crippen molar-refractivity contribution in [3.05, 3.63) is 4.91 Å². The molecule has 0 amide bonds. The second-order valence-corrected chi connectivity index (χ2v) is 3.54. The van der Waals surface area contributed by atoms with Gasteiger partial charge in [-0.25, -0.2) is 0 Å². The van der Waals surface area contributed by atoms with Crippen LogP contribution in [-0.2, 0) is 0 Å². The molecule has 0 heterocycles. The van der Waals surface area contributed by atoms with Crippen molar-refractivity contribution in [2.24, 2.45) is 5.18 Å². The maximum atomic E-state index is 9.74. The third-order valence-corrected chi connectivity index (χ3v) is 2.12. The lowest BCUT2D eigenvalue weighted by Gasteiger charge is -2.27. The van der Waals surface area contributed by atoms with Crippen LogP contribution >= 0.6 is 0 Å². The Kier molecular flexibility index (Phi) is 5.03. The number of hydrogen-bond acceptors (Lipinski definition) is 2. The van der Waals surface area contributed by atoms with E-state index < -0.39 is 0 Å². The third kappa shape index (κ3) is 5.98. The summed E-state index contributed by atoms with van der Waals surface area (Å²) < 4.78 is 1.04. The highest BCUT2D eigenvalue weighted by molar-refractivity contribution is 4.43. The van der Waals surface area contributed by atoms with E-state index in [4.69, 9.17) is 0 Å². The van der Waals surface area contributed by atoms with Gasteiger partial charge in [-0.15, -0.1) is 0 Å². The molecular formula is C8H19N2O+. The van der Waals surface area contributed by atoms with Crippen LogP contribution in [0.3, 0.4) is 0 Å². The van der Waals surface area contributed by atoms with Crippen molar-refractivity contribution < 1.29 is 4.48 Å². The lowest BCUT2D eigenvalue weighted by Crippen LogP contribution is -2.39. The first-order chi connectivity index (χ1) is 5.12. The van der Waals surface area contributed by atoms with Gasteiger partial charge in [0, 0.05) is 0 Å². The second-order valence-electron chi connectivity index (χ2n) is 3.54. The fourth-order valence-electron chi connectivity index (χ4n) is 0.874. The molecule has 11 heavy (non-hydrogen) atoms. The van der Waals surface area contributed by atoms with Gasteiger partial charge in [0.2, 0.25) is 0 Å². The number of hydrogen-bond donors (Lipinski definition) is 0. The molecule has 0 saturated carbocycles. The van der Waals surface area contributed by atoms with E-state index in [1.807, 2.05) is 0 Å². The lowest BCUT2D eigenvalue weighted by molar-refractivity contribution is -0.888. The van der Waals surface area contributed by atoms with Gasteiger partial charge in [0.05, 0.1) is 33.7 Å². The van der Waals surface area contributed by atoms with Crippen LogP contribution in [0, 0.1) is 4.91 Å². The summed E-state index contributed by atoms with van der Waals surface area (Å²) >= 11 is 0. The van der Waals surface area contributed by atoms with E-state index in [0.29, 0.717) is 6.54 Å². The number of nitrogens with zero attached hydrogens (tertiary/aromatic N) is 2. The molecule has 0 fully saturated rings. The molecule has 0 bridgehead atoms. The molecule has 66 valence electrons. The standard InChI is InChI=1S/C8H19N2O/c1-4-10(2,3)8-6-5-7-9-11/h4-8H2,1-3H3/q+1. The molecule has 0 aromatic carbocycles. The Morgan fingerprint density at radius 3 is 2.36 bits per heavy atom. The number of rotatable bonds is 6. The molecule has 0 aliphatic rings. The summed E-state index contributed by atoms with van der Waals surface area (Å²) in [5.74, 6) is 0. The molecule has 0 N–H and O–H groups in total. The summed E-state index contributed by atoms with van der Waals surface area (Å²) in [6, 6.07) is 0. The molecule has 0 aliphatic carbocycles. The van der Waals surface area contributed by atoms with E-state index in [0.717, 1.165) is 30.4 Å². The van der Waals surface area contributed by atoms with Crippen LogP contribution in [0.5, 0.6) is 0 Å². The van der Waals surface area contributed by atoms with Crippen molar-refractivity contribution in [2.75, 3.05) is 33.7 Å². The first-order valence-corrected chi connectivity index (χ1v) is 4.23. The molecule has 0 aromatic rings. The highest BCUT2D eigenvalue weighted by Crippen LogP contribution is 2.00. The first kappa shape index (κ1) is 10.6. The molecule has 3 nitrogen and oxygen atoms in total. The van der Waals surface area contributed by atoms with Gasteiger partial charge in [0.25, 0.3) is 0 Å². The van der Waals surface area contributed by atoms with Crippen molar-refractivity contribution in [1.29, 1.82) is 0 Å². The molecule has 0 spiro atoms. The lowest BCUT2D eigenvalue weighted by atomic mass is 10.3. The monoisotopic (exact) mass is 159 g/mol. The quantitative estimate of drug-likeness (QED) is 0.329. The zero-order valence-electron chi connectivity index (χ0n) is 7.84. The van der Waals surface area contributed by atoms with Crippen LogP contribution in [0.2, 0.25) is 0 Å². The van der Waals surface area contributed by atoms with Gasteiger partial charge in [-0.2, -0.15) is 4.91 Å². The summed E-state index contributed by atoms with van der Waals surface area (Å²) in [6.45, 7) is 4.95. The fourth-order valence-corrected chi connectivity index (χ4v) is 0.874. The largest absolute Gasteiger partial charge is 0.329 e. The molecule has 0 unspecified atom stereocenters. The highest BCUT2D eigenvalue weighted by Gasteiger charge is 2.09. The molecule has 0 saturated heterocycles. The average Bonchev–Trinajstić information content (AvgIpc) is 1.99. The van der Waals surface area contributed by atoms with Crippen LogP contribution in [0.25, 0.3) is 0 Å². The highest BCUT2D eigenvalue weighted by atomic mass is 16.3. The first-order valence-electron chi connectivity index (χ1n) is 4.23. The minimum atomic E-state index is 0.476. The Hall–Kier alpha value is -0.440. The topological polar surface area (TPSA) is 29.4 Å². The van der Waals surface area contributed by atoms with E-state index in [2.05, 4.69) is 26.2 Å². The number of unbranched alkanes of at least 4 members (excludes halogenated alkanes) is 1. The number of quaternary nitrogens is 1. The van der Waals surface area contributed by atoms with Crippen LogP contribution < -0.4 is 0 Å². The normalized spacial score (nSPS) is 11.5. The van der Waals surface area contributed by atoms with Crippen LogP contribution in [-0.4, -0.2) is 38.2 Å². The summed E-state index contributed by atoms with van der Waals surface area (Å²) in [5.41, 5.74) is 0. The molecule has 3 heteroatoms. The fraction of sp³-hybridized carbons (Fsp3) is 1.00. The van der Waals surface area contributed by atoms with Gasteiger partial charge in [-0.1, -0.05) is 5.18 Å². The summed E-state index contributed by atoms with van der Waals surface area (Å²) in [7, 11) is 4.41. The summed E-state index contributed by atoms with van der Waals surface area (Å²) in [4.78, 5) is 9.74. The van der Waals surface area contributed by atoms with Crippen molar-refractivity contribution in [2.45, 2.75) is 19.8 Å². The smallest absolute Gasteiger partial charge is 0.0813 e. The van der Waals surface area contributed by atoms with Crippen molar-refractivity contribution in [3.8, 4) is 0 Å². The molecule has 0 aromatic heterocycles. The van der Waals surface area contributed by atoms with E-state index in [-0.39, 0.29) is 0 Å². The van der Waals surface area contributed by atoms with Crippen LogP contribution in [0.1, 0.15) is 19.8 Å². The van der Waals surface area contributed by atoms with E-state index in [9.17, 15) is 4.91 Å². The number of nitroso groups, excluding NO2 is 1. The Bertz CT molecular complexity index is 113. The average molecular weight is 159 g/mol. The Morgan fingerprint density at radius 2 is 1.91 bits per heavy atom. The molecule has 0 aliphatic heterocycles. The van der Waals surface area contributed by atoms with Gasteiger partial charge in [-0.05, 0) is 19.8 Å². The van der Waals surface area contributed by atoms with Crippen molar-refractivity contribution in [1.82, 2.24) is 0 Å². The van der Waals surface area contributed by atoms with E-state index in [1.165, 1.54) is 0 Å². The summed E-state index contributed by atoms with van der Waals surface area (Å²) in [5, 5.41) is 2.82. The van der Waals surface area contributed by atoms with Crippen molar-refractivity contribution >= 4 is 0 Å². The molecule has 0 rings (SSSR count). The van der Waals surface area contributed by atoms with Gasteiger partial charge in [0.1, 0.15) is 0 Å². The Balaban J connectivity index is 3.29. The van der Waals surface area contributed by atoms with Gasteiger partial charge >= 0.3 is 0 Å². The van der Waals surface area contributed by atoms with E-state index >= 15 is 0 Å². The zero-order chi connectivity index (χ0) is 8.74. The summed E-state index contributed by atoms with van der Waals surface area (Å²) in [6.07, 6.45) is 2.04. The Labute approximate surface area is 69.0 Å². The van der Waals surface area contributed by atoms with Gasteiger partial charge < -0.3 is 4.48 Å². The van der Waals surface area contributed by atoms with Crippen LogP contribution in [0.4, 0.5) is 0 Å². The SMILES string of the molecule is CC[N+](C)(C)CCCCN=O. The third-order valence-electron chi connectivity index (χ3n) is 2.12. The van der Waals surface area contributed by atoms with Gasteiger partial charge in [-0.3, -0.25) is 0 Å². The van der Waals surface area contributed by atoms with Crippen molar-refractivity contribution in [3.63, 3.8) is 0 Å². The Morgan fingerprint density at radius 1 is 1.27 bits per heavy atom. The predicted octanol–water partition coefficient (Wildman–Crippen LogP) is 1.63.